The van der Waals surface area contributed by atoms with Crippen molar-refractivity contribution in [2.24, 2.45) is 0 Å². The van der Waals surface area contributed by atoms with Crippen LogP contribution >= 0.6 is 0 Å². The highest BCUT2D eigenvalue weighted by Gasteiger charge is 2.34. The van der Waals surface area contributed by atoms with Gasteiger partial charge in [-0.25, -0.2) is 0 Å². The first-order valence-electron chi connectivity index (χ1n) is 12.8. The summed E-state index contributed by atoms with van der Waals surface area (Å²) in [5, 5.41) is 2.81. The highest BCUT2D eigenvalue weighted by Crippen LogP contribution is 2.26. The summed E-state index contributed by atoms with van der Waals surface area (Å²) < 4.78 is 10.6. The van der Waals surface area contributed by atoms with Crippen LogP contribution in [0, 0.1) is 0 Å². The average Bonchev–Trinajstić information content (AvgIpc) is 3.25. The number of ketones is 1. The number of imide groups is 1. The number of benzene rings is 4. The molecule has 1 heterocycles. The summed E-state index contributed by atoms with van der Waals surface area (Å²) in [6, 6.07) is 25.4. The Morgan fingerprint density at radius 3 is 2.02 bits per heavy atom. The van der Waals surface area contributed by atoms with E-state index in [-0.39, 0.29) is 30.0 Å². The van der Waals surface area contributed by atoms with E-state index in [1.165, 1.54) is 11.0 Å². The van der Waals surface area contributed by atoms with Crippen LogP contribution in [0.4, 0.5) is 5.69 Å². The second-order valence-electron chi connectivity index (χ2n) is 9.28. The summed E-state index contributed by atoms with van der Waals surface area (Å²) in [4.78, 5) is 51.9. The number of rotatable bonds is 9. The van der Waals surface area contributed by atoms with Crippen molar-refractivity contribution in [1.29, 1.82) is 0 Å². The molecule has 1 aliphatic heterocycles. The zero-order valence-electron chi connectivity index (χ0n) is 22.4. The number of nitrogens with one attached hydrogen (secondary N) is 1. The van der Waals surface area contributed by atoms with Gasteiger partial charge >= 0.3 is 0 Å². The van der Waals surface area contributed by atoms with E-state index in [0.717, 1.165) is 11.1 Å². The molecule has 5 rings (SSSR count). The lowest BCUT2D eigenvalue weighted by Gasteiger charge is -2.14. The van der Waals surface area contributed by atoms with Crippen molar-refractivity contribution >= 4 is 35.3 Å². The molecule has 41 heavy (non-hydrogen) atoms. The van der Waals surface area contributed by atoms with Crippen molar-refractivity contribution in [2.45, 2.75) is 6.54 Å². The van der Waals surface area contributed by atoms with Crippen LogP contribution in [0.5, 0.6) is 11.5 Å². The standard InChI is InChI=1S/C33H26N2O6/c1-40-26-17-13-23(30(19-26)41-2)14-18-29(36)22-11-15-25(16-12-22)34-31(37)24-9-7-21(8-10-24)20-35-32(38)27-5-3-4-6-28(27)33(35)39/h3-19H,20H2,1-2H3,(H,34,37)/b18-14+. The molecule has 0 aromatic heterocycles. The number of methoxy groups -OCH3 is 2. The van der Waals surface area contributed by atoms with Gasteiger partial charge in [-0.2, -0.15) is 0 Å². The first-order valence-corrected chi connectivity index (χ1v) is 12.8. The monoisotopic (exact) mass is 546 g/mol. The summed E-state index contributed by atoms with van der Waals surface area (Å²) in [6.07, 6.45) is 3.13. The van der Waals surface area contributed by atoms with Gasteiger partial charge in [0.05, 0.1) is 31.9 Å². The Bertz CT molecular complexity index is 1640. The molecule has 0 bridgehead atoms. The Morgan fingerprint density at radius 1 is 0.780 bits per heavy atom. The molecule has 0 saturated carbocycles. The van der Waals surface area contributed by atoms with Crippen LogP contribution in [0.2, 0.25) is 0 Å². The molecular formula is C33H26N2O6. The molecule has 0 saturated heterocycles. The minimum absolute atomic E-state index is 0.115. The van der Waals surface area contributed by atoms with Crippen molar-refractivity contribution < 1.29 is 28.7 Å². The molecule has 0 unspecified atom stereocenters. The van der Waals surface area contributed by atoms with Crippen LogP contribution in [0.3, 0.4) is 0 Å². The molecule has 204 valence electrons. The van der Waals surface area contributed by atoms with E-state index in [2.05, 4.69) is 5.32 Å². The lowest BCUT2D eigenvalue weighted by Crippen LogP contribution is -2.29. The molecule has 0 atom stereocenters. The molecule has 0 aliphatic carbocycles. The van der Waals surface area contributed by atoms with Crippen molar-refractivity contribution in [3.05, 3.63) is 130 Å². The van der Waals surface area contributed by atoms with Gasteiger partial charge in [-0.3, -0.25) is 24.1 Å². The van der Waals surface area contributed by atoms with E-state index < -0.39 is 0 Å². The maximum atomic E-state index is 12.8. The number of nitrogens with zero attached hydrogens (tertiary/aromatic N) is 1. The van der Waals surface area contributed by atoms with Gasteiger partial charge in [-0.1, -0.05) is 24.3 Å². The number of carbonyl (C=O) groups excluding carboxylic acids is 4. The summed E-state index contributed by atoms with van der Waals surface area (Å²) in [5.41, 5.74) is 3.66. The zero-order chi connectivity index (χ0) is 28.9. The van der Waals surface area contributed by atoms with Gasteiger partial charge in [0.2, 0.25) is 0 Å². The molecule has 0 spiro atoms. The maximum absolute atomic E-state index is 12.8. The van der Waals surface area contributed by atoms with Gasteiger partial charge in [0.25, 0.3) is 17.7 Å². The molecule has 4 aromatic carbocycles. The lowest BCUT2D eigenvalue weighted by atomic mass is 10.1. The summed E-state index contributed by atoms with van der Waals surface area (Å²) in [5.74, 6) is 0.0521. The number of carbonyl (C=O) groups is 4. The predicted octanol–water partition coefficient (Wildman–Crippen LogP) is 5.65. The Kier molecular flexibility index (Phi) is 7.74. The Morgan fingerprint density at radius 2 is 1.41 bits per heavy atom. The van der Waals surface area contributed by atoms with Crippen molar-refractivity contribution in [3.63, 3.8) is 0 Å². The van der Waals surface area contributed by atoms with Gasteiger partial charge in [-0.05, 0) is 78.4 Å². The molecule has 8 nitrogen and oxygen atoms in total. The second-order valence-corrected chi connectivity index (χ2v) is 9.28. The fraction of sp³-hybridized carbons (Fsp3) is 0.0909. The summed E-state index contributed by atoms with van der Waals surface area (Å²) >= 11 is 0. The highest BCUT2D eigenvalue weighted by molar-refractivity contribution is 6.21. The first kappa shape index (κ1) is 27.1. The number of fused-ring (bicyclic) bond motifs is 1. The van der Waals surface area contributed by atoms with Crippen LogP contribution < -0.4 is 14.8 Å². The van der Waals surface area contributed by atoms with E-state index in [4.69, 9.17) is 9.47 Å². The Hall–Kier alpha value is -5.50. The van der Waals surface area contributed by atoms with E-state index in [9.17, 15) is 19.2 Å². The van der Waals surface area contributed by atoms with E-state index >= 15 is 0 Å². The molecule has 1 aliphatic rings. The third-order valence-corrected chi connectivity index (χ3v) is 6.72. The number of allylic oxidation sites excluding steroid dienone is 1. The number of amides is 3. The van der Waals surface area contributed by atoms with Gasteiger partial charge in [0, 0.05) is 28.4 Å². The van der Waals surface area contributed by atoms with Crippen LogP contribution in [0.15, 0.2) is 97.1 Å². The fourth-order valence-corrected chi connectivity index (χ4v) is 4.47. The minimum Gasteiger partial charge on any atom is -0.497 e. The predicted molar refractivity (Wildman–Crippen MR) is 154 cm³/mol. The minimum atomic E-state index is -0.331. The fourth-order valence-electron chi connectivity index (χ4n) is 4.47. The Labute approximate surface area is 236 Å². The van der Waals surface area contributed by atoms with Gasteiger partial charge < -0.3 is 14.8 Å². The molecule has 0 fully saturated rings. The van der Waals surface area contributed by atoms with Crippen LogP contribution in [-0.4, -0.2) is 42.6 Å². The van der Waals surface area contributed by atoms with Crippen LogP contribution in [0.25, 0.3) is 6.08 Å². The van der Waals surface area contributed by atoms with Crippen LogP contribution in [-0.2, 0) is 6.54 Å². The lowest BCUT2D eigenvalue weighted by molar-refractivity contribution is 0.0641. The van der Waals surface area contributed by atoms with Crippen LogP contribution in [0.1, 0.15) is 52.6 Å². The average molecular weight is 547 g/mol. The summed E-state index contributed by atoms with van der Waals surface area (Å²) in [6.45, 7) is 0.115. The summed E-state index contributed by atoms with van der Waals surface area (Å²) in [7, 11) is 3.12. The molecule has 8 heteroatoms. The second kappa shape index (κ2) is 11.7. The molecule has 4 aromatic rings. The van der Waals surface area contributed by atoms with E-state index in [0.29, 0.717) is 39.4 Å². The SMILES string of the molecule is COc1ccc(/C=C/C(=O)c2ccc(NC(=O)c3ccc(CN4C(=O)c5ccccc5C4=O)cc3)cc2)c(OC)c1. The first-order chi connectivity index (χ1) is 19.9. The topological polar surface area (TPSA) is 102 Å². The smallest absolute Gasteiger partial charge is 0.261 e. The number of hydrogen-bond acceptors (Lipinski definition) is 6. The highest BCUT2D eigenvalue weighted by atomic mass is 16.5. The van der Waals surface area contributed by atoms with Gasteiger partial charge in [0.1, 0.15) is 11.5 Å². The third kappa shape index (κ3) is 5.77. The zero-order valence-corrected chi connectivity index (χ0v) is 22.4. The largest absolute Gasteiger partial charge is 0.497 e. The normalized spacial score (nSPS) is 12.4. The van der Waals surface area contributed by atoms with Gasteiger partial charge in [-0.15, -0.1) is 0 Å². The van der Waals surface area contributed by atoms with Crippen molar-refractivity contribution in [3.8, 4) is 11.5 Å². The van der Waals surface area contributed by atoms with Crippen molar-refractivity contribution in [2.75, 3.05) is 19.5 Å². The van der Waals surface area contributed by atoms with Gasteiger partial charge in [0.15, 0.2) is 5.78 Å². The van der Waals surface area contributed by atoms with E-state index in [1.54, 1.807) is 111 Å². The molecular weight excluding hydrogens is 520 g/mol. The van der Waals surface area contributed by atoms with E-state index in [1.807, 2.05) is 0 Å². The molecule has 0 radical (unpaired) electrons. The Balaban J connectivity index is 1.18. The van der Waals surface area contributed by atoms with Crippen molar-refractivity contribution in [1.82, 2.24) is 4.90 Å². The maximum Gasteiger partial charge on any atom is 0.261 e. The number of anilines is 1. The number of hydrogen-bond donors (Lipinski definition) is 1. The third-order valence-electron chi connectivity index (χ3n) is 6.72. The quantitative estimate of drug-likeness (QED) is 0.165. The molecule has 3 amide bonds. The number of ether oxygens (including phenoxy) is 2. The molecule has 1 N–H and O–H groups in total.